The van der Waals surface area contributed by atoms with E-state index in [9.17, 15) is 4.79 Å². The summed E-state index contributed by atoms with van der Waals surface area (Å²) in [4.78, 5) is 17.1. The van der Waals surface area contributed by atoms with Gasteiger partial charge < -0.3 is 19.5 Å². The lowest BCUT2D eigenvalue weighted by molar-refractivity contribution is 0.102. The molecule has 1 heterocycles. The molecule has 0 spiro atoms. The minimum atomic E-state index is -0.131. The van der Waals surface area contributed by atoms with Crippen molar-refractivity contribution >= 4 is 33.3 Å². The predicted octanol–water partition coefficient (Wildman–Crippen LogP) is 7.01. The summed E-state index contributed by atoms with van der Waals surface area (Å²) in [5, 5.41) is 5.79. The normalized spacial score (nSPS) is 10.9. The Balaban J connectivity index is 1.38. The van der Waals surface area contributed by atoms with Gasteiger partial charge in [0.05, 0.1) is 19.7 Å². The van der Waals surface area contributed by atoms with Crippen LogP contribution < -0.4 is 19.5 Å². The molecule has 4 aromatic carbocycles. The van der Waals surface area contributed by atoms with Crippen molar-refractivity contribution in [3.05, 3.63) is 96.2 Å². The van der Waals surface area contributed by atoms with Gasteiger partial charge in [0.1, 0.15) is 11.5 Å². The van der Waals surface area contributed by atoms with Gasteiger partial charge in [-0.3, -0.25) is 9.78 Å². The SMILES string of the molecule is CCc1ccc(C(=O)Nc2ccc3cc(Oc4ccnc5cc(OC)c(OC)cc45)ccc3c2)cc1. The highest BCUT2D eigenvalue weighted by molar-refractivity contribution is 6.05. The first-order chi connectivity index (χ1) is 17.6. The molecule has 6 nitrogen and oxygen atoms in total. The summed E-state index contributed by atoms with van der Waals surface area (Å²) in [6.45, 7) is 2.09. The first kappa shape index (κ1) is 23.2. The maximum atomic E-state index is 12.6. The molecule has 5 rings (SSSR count). The molecule has 0 radical (unpaired) electrons. The van der Waals surface area contributed by atoms with Crippen molar-refractivity contribution in [2.75, 3.05) is 19.5 Å². The summed E-state index contributed by atoms with van der Waals surface area (Å²) >= 11 is 0. The van der Waals surface area contributed by atoms with E-state index < -0.39 is 0 Å². The molecule has 180 valence electrons. The number of carbonyl (C=O) groups is 1. The van der Waals surface area contributed by atoms with Gasteiger partial charge in [-0.1, -0.05) is 31.2 Å². The molecule has 0 aliphatic carbocycles. The molecule has 0 aliphatic heterocycles. The number of nitrogens with zero attached hydrogens (tertiary/aromatic N) is 1. The van der Waals surface area contributed by atoms with Crippen LogP contribution >= 0.6 is 0 Å². The molecule has 6 heteroatoms. The van der Waals surface area contributed by atoms with E-state index in [4.69, 9.17) is 14.2 Å². The molecule has 0 bridgehead atoms. The molecule has 0 unspecified atom stereocenters. The van der Waals surface area contributed by atoms with Crippen LogP contribution in [0.2, 0.25) is 0 Å². The Morgan fingerprint density at radius 3 is 2.28 bits per heavy atom. The molecule has 0 saturated heterocycles. The highest BCUT2D eigenvalue weighted by Gasteiger charge is 2.12. The van der Waals surface area contributed by atoms with E-state index >= 15 is 0 Å². The number of carbonyl (C=O) groups excluding carboxylic acids is 1. The summed E-state index contributed by atoms with van der Waals surface area (Å²) in [5.41, 5.74) is 3.32. The smallest absolute Gasteiger partial charge is 0.255 e. The summed E-state index contributed by atoms with van der Waals surface area (Å²) in [6.07, 6.45) is 2.65. The van der Waals surface area contributed by atoms with Crippen LogP contribution in [0.15, 0.2) is 85.1 Å². The Hall–Kier alpha value is -4.58. The number of anilines is 1. The number of hydrogen-bond donors (Lipinski definition) is 1. The van der Waals surface area contributed by atoms with Crippen LogP contribution in [0.25, 0.3) is 21.7 Å². The maximum Gasteiger partial charge on any atom is 0.255 e. The fraction of sp³-hybridized carbons (Fsp3) is 0.133. The number of aromatic nitrogens is 1. The summed E-state index contributed by atoms with van der Waals surface area (Å²) in [7, 11) is 3.20. The second kappa shape index (κ2) is 9.96. The Kier molecular flexibility index (Phi) is 6.41. The van der Waals surface area contributed by atoms with E-state index in [1.54, 1.807) is 20.4 Å². The van der Waals surface area contributed by atoms with Crippen molar-refractivity contribution in [1.29, 1.82) is 0 Å². The summed E-state index contributed by atoms with van der Waals surface area (Å²) in [5.74, 6) is 2.45. The minimum absolute atomic E-state index is 0.131. The molecule has 0 fully saturated rings. The number of amides is 1. The van der Waals surface area contributed by atoms with Gasteiger partial charge >= 0.3 is 0 Å². The maximum absolute atomic E-state index is 12.6. The molecule has 1 amide bonds. The molecule has 36 heavy (non-hydrogen) atoms. The van der Waals surface area contributed by atoms with Crippen LogP contribution in [-0.2, 0) is 6.42 Å². The third kappa shape index (κ3) is 4.66. The van der Waals surface area contributed by atoms with Crippen LogP contribution in [0.4, 0.5) is 5.69 Å². The topological polar surface area (TPSA) is 69.7 Å². The minimum Gasteiger partial charge on any atom is -0.493 e. The molecule has 0 aliphatic rings. The highest BCUT2D eigenvalue weighted by atomic mass is 16.5. The number of fused-ring (bicyclic) bond motifs is 2. The van der Waals surface area contributed by atoms with E-state index in [1.807, 2.05) is 78.9 Å². The number of pyridine rings is 1. The van der Waals surface area contributed by atoms with Gasteiger partial charge in [0.15, 0.2) is 11.5 Å². The van der Waals surface area contributed by atoms with Crippen LogP contribution in [-0.4, -0.2) is 25.1 Å². The van der Waals surface area contributed by atoms with Crippen LogP contribution in [0.3, 0.4) is 0 Å². The molecule has 1 aromatic heterocycles. The first-order valence-electron chi connectivity index (χ1n) is 11.7. The Morgan fingerprint density at radius 1 is 0.806 bits per heavy atom. The van der Waals surface area contributed by atoms with Crippen LogP contribution in [0, 0.1) is 0 Å². The molecule has 5 aromatic rings. The highest BCUT2D eigenvalue weighted by Crippen LogP contribution is 2.37. The average Bonchev–Trinajstić information content (AvgIpc) is 2.92. The van der Waals surface area contributed by atoms with E-state index in [-0.39, 0.29) is 5.91 Å². The third-order valence-electron chi connectivity index (χ3n) is 6.13. The quantitative estimate of drug-likeness (QED) is 0.272. The molecule has 1 N–H and O–H groups in total. The fourth-order valence-corrected chi connectivity index (χ4v) is 4.12. The van der Waals surface area contributed by atoms with Gasteiger partial charge in [-0.15, -0.1) is 0 Å². The van der Waals surface area contributed by atoms with Crippen molar-refractivity contribution in [2.45, 2.75) is 13.3 Å². The van der Waals surface area contributed by atoms with E-state index in [2.05, 4.69) is 17.2 Å². The van der Waals surface area contributed by atoms with Gasteiger partial charge in [-0.2, -0.15) is 0 Å². The van der Waals surface area contributed by atoms with Crippen molar-refractivity contribution in [3.63, 3.8) is 0 Å². The van der Waals surface area contributed by atoms with Gasteiger partial charge in [0.2, 0.25) is 0 Å². The van der Waals surface area contributed by atoms with Crippen molar-refractivity contribution in [1.82, 2.24) is 4.98 Å². The molecule has 0 atom stereocenters. The zero-order valence-electron chi connectivity index (χ0n) is 20.4. The first-order valence-corrected chi connectivity index (χ1v) is 11.7. The van der Waals surface area contributed by atoms with Gasteiger partial charge in [0.25, 0.3) is 5.91 Å². The summed E-state index contributed by atoms with van der Waals surface area (Å²) < 4.78 is 17.1. The number of rotatable bonds is 7. The number of benzene rings is 4. The standard InChI is InChI=1S/C30H26N2O4/c1-4-19-5-7-20(8-6-19)30(33)32-23-11-9-22-16-24(12-10-21(22)15-23)36-27-13-14-31-26-18-29(35-3)28(34-2)17-25(26)27/h5-18H,4H2,1-3H3,(H,32,33). The largest absolute Gasteiger partial charge is 0.493 e. The molecule has 0 saturated carbocycles. The lowest BCUT2D eigenvalue weighted by Crippen LogP contribution is -2.11. The van der Waals surface area contributed by atoms with E-state index in [0.29, 0.717) is 28.6 Å². The van der Waals surface area contributed by atoms with Crippen LogP contribution in [0.5, 0.6) is 23.0 Å². The number of ether oxygens (including phenoxy) is 3. The second-order valence-electron chi connectivity index (χ2n) is 8.36. The van der Waals surface area contributed by atoms with Gasteiger partial charge in [0, 0.05) is 28.9 Å². The zero-order chi connectivity index (χ0) is 25.1. The Morgan fingerprint density at radius 2 is 1.53 bits per heavy atom. The van der Waals surface area contributed by atoms with Crippen molar-refractivity contribution in [3.8, 4) is 23.0 Å². The average molecular weight is 479 g/mol. The van der Waals surface area contributed by atoms with E-state index in [0.717, 1.165) is 33.8 Å². The van der Waals surface area contributed by atoms with Gasteiger partial charge in [-0.25, -0.2) is 0 Å². The zero-order valence-corrected chi connectivity index (χ0v) is 20.4. The molecular weight excluding hydrogens is 452 g/mol. The fourth-order valence-electron chi connectivity index (χ4n) is 4.12. The van der Waals surface area contributed by atoms with Crippen molar-refractivity contribution in [2.24, 2.45) is 0 Å². The van der Waals surface area contributed by atoms with Crippen LogP contribution in [0.1, 0.15) is 22.8 Å². The summed E-state index contributed by atoms with van der Waals surface area (Å²) in [6, 6.07) is 24.9. The predicted molar refractivity (Wildman–Crippen MR) is 143 cm³/mol. The Bertz CT molecular complexity index is 1560. The van der Waals surface area contributed by atoms with E-state index in [1.165, 1.54) is 5.56 Å². The third-order valence-corrected chi connectivity index (χ3v) is 6.13. The second-order valence-corrected chi connectivity index (χ2v) is 8.36. The number of aryl methyl sites for hydroxylation is 1. The Labute approximate surface area is 209 Å². The number of hydrogen-bond acceptors (Lipinski definition) is 5. The number of nitrogens with one attached hydrogen (secondary N) is 1. The molecular formula is C30H26N2O4. The number of methoxy groups -OCH3 is 2. The van der Waals surface area contributed by atoms with Gasteiger partial charge in [-0.05, 0) is 71.3 Å². The monoisotopic (exact) mass is 478 g/mol. The van der Waals surface area contributed by atoms with Crippen molar-refractivity contribution < 1.29 is 19.0 Å². The lowest BCUT2D eigenvalue weighted by Gasteiger charge is -2.13. The lowest BCUT2D eigenvalue weighted by atomic mass is 10.1.